The molecule has 0 bridgehead atoms. The third-order valence-corrected chi connectivity index (χ3v) is 5.29. The summed E-state index contributed by atoms with van der Waals surface area (Å²) >= 11 is 1.29. The number of fused-ring (bicyclic) bond motifs is 1. The van der Waals surface area contributed by atoms with Crippen LogP contribution in [0.4, 0.5) is 0 Å². The van der Waals surface area contributed by atoms with Gasteiger partial charge in [-0.1, -0.05) is 17.8 Å². The molecule has 1 aliphatic rings. The quantitative estimate of drug-likeness (QED) is 0.622. The summed E-state index contributed by atoms with van der Waals surface area (Å²) in [7, 11) is 0. The Bertz CT molecular complexity index is 788. The number of hydrogen-bond donors (Lipinski definition) is 2. The average molecular weight is 345 g/mol. The Hall–Kier alpha value is -1.99. The average Bonchev–Trinajstić information content (AvgIpc) is 2.93. The molecular weight excluding hydrogens is 322 g/mol. The fourth-order valence-electron chi connectivity index (χ4n) is 3.10. The third kappa shape index (κ3) is 3.73. The van der Waals surface area contributed by atoms with Gasteiger partial charge in [-0.15, -0.1) is 0 Å². The topological polar surface area (TPSA) is 73.5 Å². The van der Waals surface area contributed by atoms with E-state index in [0.29, 0.717) is 16.9 Å². The zero-order valence-corrected chi connectivity index (χ0v) is 14.6. The predicted molar refractivity (Wildman–Crippen MR) is 97.9 cm³/mol. The van der Waals surface area contributed by atoms with E-state index in [2.05, 4.69) is 22.0 Å². The second-order valence-electron chi connectivity index (χ2n) is 6.05. The highest BCUT2D eigenvalue weighted by Crippen LogP contribution is 2.19. The summed E-state index contributed by atoms with van der Waals surface area (Å²) < 4.78 is 2.34. The molecule has 2 aromatic rings. The number of piperidine rings is 1. The molecule has 1 amide bonds. The molecule has 1 aromatic heterocycles. The van der Waals surface area contributed by atoms with Crippen molar-refractivity contribution in [3.63, 3.8) is 0 Å². The number of nitrogens with zero attached hydrogens (tertiary/aromatic N) is 3. The van der Waals surface area contributed by atoms with Gasteiger partial charge in [0.2, 0.25) is 4.80 Å². The maximum Gasteiger partial charge on any atom is 0.251 e. The fraction of sp³-hybridized carbons (Fsp3) is 0.471. The molecule has 0 unspecified atom stereocenters. The molecule has 2 heterocycles. The van der Waals surface area contributed by atoms with Crippen molar-refractivity contribution in [2.24, 2.45) is 5.10 Å². The second kappa shape index (κ2) is 7.72. The number of likely N-dealkylation sites (tertiary alicyclic amines) is 1. The Morgan fingerprint density at radius 2 is 2.12 bits per heavy atom. The van der Waals surface area contributed by atoms with Gasteiger partial charge in [0, 0.05) is 18.8 Å². The fourth-order valence-corrected chi connectivity index (χ4v) is 3.99. The van der Waals surface area contributed by atoms with Crippen LogP contribution < -0.4 is 10.1 Å². The maximum atomic E-state index is 12.3. The van der Waals surface area contributed by atoms with Crippen molar-refractivity contribution in [2.45, 2.75) is 25.7 Å². The molecule has 6 nitrogen and oxygen atoms in total. The van der Waals surface area contributed by atoms with Gasteiger partial charge in [-0.25, -0.2) is 4.68 Å². The van der Waals surface area contributed by atoms with E-state index >= 15 is 0 Å². The number of benzene rings is 1. The van der Waals surface area contributed by atoms with Gasteiger partial charge in [-0.2, -0.15) is 5.10 Å². The minimum absolute atomic E-state index is 0.0615. The lowest BCUT2D eigenvalue weighted by atomic mass is 10.1. The number of aromatic nitrogens is 1. The standard InChI is InChI=1S/C17H23N5OS/c1-19-22-14-7-6-13(12-15(14)24-17(22)18)16(23)20-8-5-11-21-9-3-2-4-10-21/h6-7,12,18H,1-5,8-11H2,(H,20,23). The van der Waals surface area contributed by atoms with Gasteiger partial charge in [-0.05, 0) is 57.1 Å². The first-order valence-electron chi connectivity index (χ1n) is 8.37. The molecule has 3 rings (SSSR count). The van der Waals surface area contributed by atoms with E-state index in [4.69, 9.17) is 5.41 Å². The number of hydrogen-bond acceptors (Lipinski definition) is 5. The summed E-state index contributed by atoms with van der Waals surface area (Å²) in [5.74, 6) is -0.0615. The van der Waals surface area contributed by atoms with Crippen molar-refractivity contribution in [3.05, 3.63) is 28.6 Å². The Morgan fingerprint density at radius 3 is 2.88 bits per heavy atom. The zero-order valence-electron chi connectivity index (χ0n) is 13.8. The number of amides is 1. The number of nitrogens with one attached hydrogen (secondary N) is 2. The monoisotopic (exact) mass is 345 g/mol. The van der Waals surface area contributed by atoms with Crippen LogP contribution in [0.2, 0.25) is 0 Å². The number of carbonyl (C=O) groups is 1. The van der Waals surface area contributed by atoms with Crippen molar-refractivity contribution in [1.29, 1.82) is 5.41 Å². The Labute approximate surface area is 145 Å². The zero-order chi connectivity index (χ0) is 16.9. The highest BCUT2D eigenvalue weighted by atomic mass is 32.1. The van der Waals surface area contributed by atoms with E-state index < -0.39 is 0 Å². The lowest BCUT2D eigenvalue weighted by molar-refractivity contribution is 0.0951. The van der Waals surface area contributed by atoms with Gasteiger partial charge < -0.3 is 10.2 Å². The van der Waals surface area contributed by atoms with Gasteiger partial charge in [0.25, 0.3) is 5.91 Å². The number of thiazole rings is 1. The summed E-state index contributed by atoms with van der Waals surface area (Å²) in [6.45, 7) is 7.60. The van der Waals surface area contributed by atoms with Crippen molar-refractivity contribution >= 4 is 34.2 Å². The number of carbonyl (C=O) groups excluding carboxylic acids is 1. The first-order chi connectivity index (χ1) is 11.7. The third-order valence-electron chi connectivity index (χ3n) is 4.38. The molecule has 0 atom stereocenters. The summed E-state index contributed by atoms with van der Waals surface area (Å²) in [4.78, 5) is 15.1. The van der Waals surface area contributed by atoms with E-state index in [1.165, 1.54) is 48.4 Å². The highest BCUT2D eigenvalue weighted by molar-refractivity contribution is 7.16. The maximum absolute atomic E-state index is 12.3. The molecule has 1 fully saturated rings. The first-order valence-corrected chi connectivity index (χ1v) is 9.18. The Kier molecular flexibility index (Phi) is 5.42. The van der Waals surface area contributed by atoms with Crippen molar-refractivity contribution in [2.75, 3.05) is 26.2 Å². The molecule has 0 spiro atoms. The molecule has 24 heavy (non-hydrogen) atoms. The van der Waals surface area contributed by atoms with Crippen molar-refractivity contribution in [3.8, 4) is 0 Å². The summed E-state index contributed by atoms with van der Waals surface area (Å²) in [6.07, 6.45) is 4.92. The predicted octanol–water partition coefficient (Wildman–Crippen LogP) is 2.25. The van der Waals surface area contributed by atoms with E-state index in [-0.39, 0.29) is 5.91 Å². The normalized spacial score (nSPS) is 15.5. The van der Waals surface area contributed by atoms with Crippen LogP contribution in [0, 0.1) is 5.41 Å². The van der Waals surface area contributed by atoms with Crippen molar-refractivity contribution in [1.82, 2.24) is 14.9 Å². The van der Waals surface area contributed by atoms with Crippen molar-refractivity contribution < 1.29 is 4.79 Å². The Balaban J connectivity index is 1.55. The van der Waals surface area contributed by atoms with E-state index in [9.17, 15) is 4.79 Å². The van der Waals surface area contributed by atoms with Gasteiger partial charge in [0.15, 0.2) is 0 Å². The first kappa shape index (κ1) is 16.9. The van der Waals surface area contributed by atoms with Crippen LogP contribution in [-0.4, -0.2) is 48.4 Å². The lowest BCUT2D eigenvalue weighted by Gasteiger charge is -2.26. The highest BCUT2D eigenvalue weighted by Gasteiger charge is 2.11. The van der Waals surface area contributed by atoms with Gasteiger partial charge in [0.05, 0.1) is 10.2 Å². The van der Waals surface area contributed by atoms with Crippen LogP contribution in [0.1, 0.15) is 36.0 Å². The molecule has 1 saturated heterocycles. The molecule has 7 heteroatoms. The summed E-state index contributed by atoms with van der Waals surface area (Å²) in [5, 5.41) is 14.7. The Morgan fingerprint density at radius 1 is 1.33 bits per heavy atom. The second-order valence-corrected chi connectivity index (χ2v) is 7.09. The van der Waals surface area contributed by atoms with Gasteiger partial charge in [0.1, 0.15) is 0 Å². The molecular formula is C17H23N5OS. The summed E-state index contributed by atoms with van der Waals surface area (Å²) in [5.41, 5.74) is 1.43. The van der Waals surface area contributed by atoms with Crippen LogP contribution in [0.3, 0.4) is 0 Å². The largest absolute Gasteiger partial charge is 0.352 e. The van der Waals surface area contributed by atoms with Crippen LogP contribution in [0.5, 0.6) is 0 Å². The molecule has 0 saturated carbocycles. The van der Waals surface area contributed by atoms with E-state index in [1.54, 1.807) is 6.07 Å². The SMILES string of the molecule is C=Nn1c(=N)sc2cc(C(=O)NCCCN3CCCCC3)ccc21. The van der Waals surface area contributed by atoms with Crippen LogP contribution in [-0.2, 0) is 0 Å². The molecule has 128 valence electrons. The summed E-state index contributed by atoms with van der Waals surface area (Å²) in [6, 6.07) is 5.41. The minimum Gasteiger partial charge on any atom is -0.352 e. The van der Waals surface area contributed by atoms with Crippen LogP contribution >= 0.6 is 11.3 Å². The smallest absolute Gasteiger partial charge is 0.251 e. The lowest BCUT2D eigenvalue weighted by Crippen LogP contribution is -2.33. The molecule has 0 aliphatic carbocycles. The van der Waals surface area contributed by atoms with E-state index in [0.717, 1.165) is 23.2 Å². The van der Waals surface area contributed by atoms with Crippen LogP contribution in [0.25, 0.3) is 10.2 Å². The molecule has 0 radical (unpaired) electrons. The molecule has 1 aromatic carbocycles. The van der Waals surface area contributed by atoms with E-state index in [1.807, 2.05) is 12.1 Å². The van der Waals surface area contributed by atoms with Gasteiger partial charge in [-0.3, -0.25) is 10.2 Å². The molecule has 1 aliphatic heterocycles. The molecule has 2 N–H and O–H groups in total. The van der Waals surface area contributed by atoms with Crippen LogP contribution in [0.15, 0.2) is 23.3 Å². The number of rotatable bonds is 6. The van der Waals surface area contributed by atoms with Gasteiger partial charge >= 0.3 is 0 Å². The minimum atomic E-state index is -0.0615.